The molecule has 1 aliphatic heterocycles. The van der Waals surface area contributed by atoms with E-state index in [1.807, 2.05) is 12.1 Å². The minimum atomic E-state index is -0.897. The number of benzene rings is 1. The van der Waals surface area contributed by atoms with Crippen molar-refractivity contribution in [3.8, 4) is 5.75 Å². The lowest BCUT2D eigenvalue weighted by Gasteiger charge is -2.30. The molecular formula is C20H23N7O4S2. The van der Waals surface area contributed by atoms with Gasteiger partial charge in [0, 0.05) is 30.7 Å². The summed E-state index contributed by atoms with van der Waals surface area (Å²) in [6.07, 6.45) is 4.52. The molecule has 174 valence electrons. The highest BCUT2D eigenvalue weighted by atomic mass is 32.2. The molecule has 1 saturated heterocycles. The lowest BCUT2D eigenvalue weighted by molar-refractivity contribution is -0.137. The number of thioether (sulfide) groups is 1. The van der Waals surface area contributed by atoms with E-state index in [0.717, 1.165) is 24.2 Å². The van der Waals surface area contributed by atoms with E-state index in [0.29, 0.717) is 24.0 Å². The molecular weight excluding hydrogens is 466 g/mol. The Morgan fingerprint density at radius 3 is 2.70 bits per heavy atom. The van der Waals surface area contributed by atoms with Crippen LogP contribution in [0.4, 0.5) is 4.79 Å². The number of carbonyl (C=O) groups is 2. The van der Waals surface area contributed by atoms with Crippen LogP contribution in [0, 0.1) is 0 Å². The fourth-order valence-electron chi connectivity index (χ4n) is 3.40. The summed E-state index contributed by atoms with van der Waals surface area (Å²) in [5, 5.41) is 21.0. The number of aryl methyl sites for hydroxylation is 1. The first kappa shape index (κ1) is 23.1. The van der Waals surface area contributed by atoms with E-state index in [1.54, 1.807) is 29.4 Å². The number of amides is 1. The third kappa shape index (κ3) is 6.05. The zero-order valence-corrected chi connectivity index (χ0v) is 19.3. The van der Waals surface area contributed by atoms with Crippen molar-refractivity contribution in [1.82, 2.24) is 35.1 Å². The summed E-state index contributed by atoms with van der Waals surface area (Å²) >= 11 is 6.09. The van der Waals surface area contributed by atoms with Gasteiger partial charge in [-0.15, -0.1) is 5.10 Å². The van der Waals surface area contributed by atoms with E-state index >= 15 is 0 Å². The molecule has 3 aromatic rings. The molecule has 1 fully saturated rings. The van der Waals surface area contributed by atoms with Crippen molar-refractivity contribution in [2.45, 2.75) is 41.5 Å². The number of carboxylic acids is 1. The van der Waals surface area contributed by atoms with E-state index in [2.05, 4.69) is 38.1 Å². The smallest absolute Gasteiger partial charge is 0.415 e. The summed E-state index contributed by atoms with van der Waals surface area (Å²) in [6.45, 7) is 1.34. The number of hydrogen-bond donors (Lipinski definition) is 3. The highest BCUT2D eigenvalue weighted by Gasteiger charge is 2.26. The first-order chi connectivity index (χ1) is 16.0. The number of hydrogen-bond acceptors (Lipinski definition) is 9. The van der Waals surface area contributed by atoms with Gasteiger partial charge >= 0.3 is 12.1 Å². The highest BCUT2D eigenvalue weighted by Crippen LogP contribution is 2.30. The molecule has 1 aliphatic rings. The maximum Gasteiger partial charge on any atom is 0.415 e. The number of piperidine rings is 1. The second-order valence-electron chi connectivity index (χ2n) is 7.45. The SMILES string of the molecule is O=C(O)CCn1nnnc1SC1CCN(C(=O)Oc2ccc(C(S)c3ncc[nH]3)cc2)CC1. The number of nitrogens with one attached hydrogen (secondary N) is 1. The van der Waals surface area contributed by atoms with Gasteiger partial charge in [0.1, 0.15) is 11.6 Å². The van der Waals surface area contributed by atoms with Crippen LogP contribution in [0.1, 0.15) is 35.9 Å². The predicted molar refractivity (Wildman–Crippen MR) is 122 cm³/mol. The number of rotatable bonds is 8. The van der Waals surface area contributed by atoms with Crippen molar-refractivity contribution in [2.75, 3.05) is 13.1 Å². The summed E-state index contributed by atoms with van der Waals surface area (Å²) in [5.74, 6) is 0.323. The molecule has 0 aliphatic carbocycles. The molecule has 2 aromatic heterocycles. The van der Waals surface area contributed by atoms with Crippen LogP contribution in [-0.2, 0) is 11.3 Å². The first-order valence-electron chi connectivity index (χ1n) is 10.4. The standard InChI is InChI=1S/C20H23N7O4S2/c28-16(29)7-12-27-19(23-24-25-27)33-15-5-10-26(11-6-15)20(30)31-14-3-1-13(2-4-14)17(32)18-21-8-9-22-18/h1-4,8-9,15,17,32H,5-7,10-12H2,(H,21,22)(H,28,29). The lowest BCUT2D eigenvalue weighted by atomic mass is 10.1. The van der Waals surface area contributed by atoms with Crippen molar-refractivity contribution < 1.29 is 19.4 Å². The van der Waals surface area contributed by atoms with Crippen LogP contribution in [0.15, 0.2) is 41.8 Å². The molecule has 0 bridgehead atoms. The number of imidazole rings is 1. The number of carboxylic acid groups (broad SMARTS) is 1. The summed E-state index contributed by atoms with van der Waals surface area (Å²) < 4.78 is 7.04. The lowest BCUT2D eigenvalue weighted by Crippen LogP contribution is -2.41. The van der Waals surface area contributed by atoms with E-state index in [-0.39, 0.29) is 29.6 Å². The van der Waals surface area contributed by atoms with Crippen LogP contribution in [0.25, 0.3) is 0 Å². The Hall–Kier alpha value is -3.06. The zero-order chi connectivity index (χ0) is 23.2. The van der Waals surface area contributed by atoms with Gasteiger partial charge in [-0.05, 0) is 41.0 Å². The molecule has 13 heteroatoms. The number of aromatic nitrogens is 6. The number of tetrazole rings is 1. The average Bonchev–Trinajstić information content (AvgIpc) is 3.50. The molecule has 1 unspecified atom stereocenters. The number of H-pyrrole nitrogens is 1. The maximum atomic E-state index is 12.6. The summed E-state index contributed by atoms with van der Waals surface area (Å²) in [4.78, 5) is 32.3. The fraction of sp³-hybridized carbons (Fsp3) is 0.400. The second-order valence-corrected chi connectivity index (χ2v) is 9.23. The molecule has 1 amide bonds. The number of carbonyl (C=O) groups excluding carboxylic acids is 1. The van der Waals surface area contributed by atoms with Gasteiger partial charge in [-0.2, -0.15) is 12.6 Å². The molecule has 3 heterocycles. The Labute approximate surface area is 199 Å². The molecule has 11 nitrogen and oxygen atoms in total. The Morgan fingerprint density at radius 1 is 1.27 bits per heavy atom. The van der Waals surface area contributed by atoms with Crippen LogP contribution in [0.3, 0.4) is 0 Å². The van der Waals surface area contributed by atoms with Crippen LogP contribution >= 0.6 is 24.4 Å². The van der Waals surface area contributed by atoms with Gasteiger partial charge in [-0.1, -0.05) is 23.9 Å². The second kappa shape index (κ2) is 10.7. The number of aliphatic carboxylic acids is 1. The van der Waals surface area contributed by atoms with E-state index in [4.69, 9.17) is 9.84 Å². The quantitative estimate of drug-likeness (QED) is 0.407. The van der Waals surface area contributed by atoms with Gasteiger partial charge < -0.3 is 19.7 Å². The topological polar surface area (TPSA) is 139 Å². The molecule has 0 radical (unpaired) electrons. The van der Waals surface area contributed by atoms with Gasteiger partial charge in [-0.3, -0.25) is 4.79 Å². The molecule has 2 N–H and O–H groups in total. The number of nitrogens with zero attached hydrogens (tertiary/aromatic N) is 6. The van der Waals surface area contributed by atoms with Gasteiger partial charge in [-0.25, -0.2) is 14.5 Å². The maximum absolute atomic E-state index is 12.6. The van der Waals surface area contributed by atoms with Crippen molar-refractivity contribution in [2.24, 2.45) is 0 Å². The average molecular weight is 490 g/mol. The highest BCUT2D eigenvalue weighted by molar-refractivity contribution is 7.99. The Morgan fingerprint density at radius 2 is 2.03 bits per heavy atom. The third-order valence-electron chi connectivity index (χ3n) is 5.19. The predicted octanol–water partition coefficient (Wildman–Crippen LogP) is 2.65. The Kier molecular flexibility index (Phi) is 7.50. The first-order valence-corrected chi connectivity index (χ1v) is 11.8. The Balaban J connectivity index is 1.25. The molecule has 33 heavy (non-hydrogen) atoms. The minimum absolute atomic E-state index is 0.0403. The van der Waals surface area contributed by atoms with Gasteiger partial charge in [0.2, 0.25) is 5.16 Å². The largest absolute Gasteiger partial charge is 0.481 e. The number of aromatic amines is 1. The monoisotopic (exact) mass is 489 g/mol. The number of likely N-dealkylation sites (tertiary alicyclic amines) is 1. The van der Waals surface area contributed by atoms with Crippen molar-refractivity contribution >= 4 is 36.5 Å². The van der Waals surface area contributed by atoms with E-state index in [1.165, 1.54) is 16.4 Å². The summed E-state index contributed by atoms with van der Waals surface area (Å²) in [6, 6.07) is 7.22. The number of ether oxygens (including phenoxy) is 1. The fourth-order valence-corrected chi connectivity index (χ4v) is 4.79. The molecule has 4 rings (SSSR count). The minimum Gasteiger partial charge on any atom is -0.481 e. The molecule has 0 saturated carbocycles. The molecule has 0 spiro atoms. The third-order valence-corrected chi connectivity index (χ3v) is 7.04. The Bertz CT molecular complexity index is 1070. The van der Waals surface area contributed by atoms with Crippen LogP contribution < -0.4 is 4.74 Å². The number of thiol groups is 1. The normalized spacial score (nSPS) is 15.4. The van der Waals surface area contributed by atoms with Crippen molar-refractivity contribution in [3.63, 3.8) is 0 Å². The molecule has 1 aromatic carbocycles. The van der Waals surface area contributed by atoms with Crippen LogP contribution in [0.2, 0.25) is 0 Å². The van der Waals surface area contributed by atoms with Gasteiger partial charge in [0.25, 0.3) is 0 Å². The van der Waals surface area contributed by atoms with Crippen LogP contribution in [-0.4, -0.2) is 70.6 Å². The summed E-state index contributed by atoms with van der Waals surface area (Å²) in [7, 11) is 0. The van der Waals surface area contributed by atoms with Gasteiger partial charge in [0.05, 0.1) is 18.2 Å². The van der Waals surface area contributed by atoms with Gasteiger partial charge in [0.15, 0.2) is 0 Å². The van der Waals surface area contributed by atoms with Crippen molar-refractivity contribution in [3.05, 3.63) is 48.0 Å². The zero-order valence-electron chi connectivity index (χ0n) is 17.6. The van der Waals surface area contributed by atoms with E-state index < -0.39 is 5.97 Å². The molecule has 1 atom stereocenters. The van der Waals surface area contributed by atoms with Crippen LogP contribution in [0.5, 0.6) is 5.75 Å². The van der Waals surface area contributed by atoms with Crippen molar-refractivity contribution in [1.29, 1.82) is 0 Å². The van der Waals surface area contributed by atoms with E-state index in [9.17, 15) is 9.59 Å². The summed E-state index contributed by atoms with van der Waals surface area (Å²) in [5.41, 5.74) is 0.941.